The van der Waals surface area contributed by atoms with Crippen molar-refractivity contribution in [3.8, 4) is 5.75 Å². The molecule has 0 radical (unpaired) electrons. The average Bonchev–Trinajstić information content (AvgIpc) is 2.68. The normalized spacial score (nSPS) is 23.2. The highest BCUT2D eigenvalue weighted by molar-refractivity contribution is 5.91. The molecule has 2 aromatic carbocycles. The van der Waals surface area contributed by atoms with Gasteiger partial charge in [-0.3, -0.25) is 0 Å². The summed E-state index contributed by atoms with van der Waals surface area (Å²) in [6.45, 7) is 2.53. The van der Waals surface area contributed by atoms with Gasteiger partial charge in [-0.2, -0.15) is 26.3 Å². The van der Waals surface area contributed by atoms with E-state index < -0.39 is 52.4 Å². The van der Waals surface area contributed by atoms with Crippen molar-refractivity contribution in [1.82, 2.24) is 0 Å². The number of benzene rings is 2. The van der Waals surface area contributed by atoms with E-state index in [1.54, 1.807) is 13.0 Å². The zero-order chi connectivity index (χ0) is 23.6. The lowest BCUT2D eigenvalue weighted by Crippen LogP contribution is -2.41. The lowest BCUT2D eigenvalue weighted by atomic mass is 9.69. The Morgan fingerprint density at radius 2 is 1.69 bits per heavy atom. The van der Waals surface area contributed by atoms with Crippen LogP contribution in [0.4, 0.5) is 26.3 Å². The van der Waals surface area contributed by atoms with Crippen molar-refractivity contribution in [1.29, 1.82) is 0 Å². The maximum Gasteiger partial charge on any atom is 0.419 e. The maximum atomic E-state index is 14.1. The van der Waals surface area contributed by atoms with Crippen LogP contribution in [0.3, 0.4) is 0 Å². The minimum Gasteiger partial charge on any atom is -0.511 e. The van der Waals surface area contributed by atoms with Gasteiger partial charge in [0.2, 0.25) is 0 Å². The highest BCUT2D eigenvalue weighted by Gasteiger charge is 2.57. The number of alkyl halides is 6. The van der Waals surface area contributed by atoms with Crippen LogP contribution in [0.15, 0.2) is 42.2 Å². The summed E-state index contributed by atoms with van der Waals surface area (Å²) in [5.74, 6) is -2.66. The molecule has 2 nitrogen and oxygen atoms in total. The summed E-state index contributed by atoms with van der Waals surface area (Å²) in [5, 5.41) is 21.8. The number of aliphatic hydroxyl groups is 1. The van der Waals surface area contributed by atoms with Gasteiger partial charge in [-0.25, -0.2) is 0 Å². The average molecular weight is 454 g/mol. The standard InChI is InChI=1S/C24H20F6O2/c1-12-6-5-8-13-10-16(23(25,26)27)20(31)19(17(12)13)18-15-9-4-3-7-14(15)11-22(2,21(18)32)24(28,29)30/h3-5,7-10,12,31-32H,6,11H2,1-2H3/t12-,22?/m0/s1. The summed E-state index contributed by atoms with van der Waals surface area (Å²) in [7, 11) is 0. The van der Waals surface area contributed by atoms with Crippen molar-refractivity contribution in [2.75, 3.05) is 0 Å². The first-order valence-corrected chi connectivity index (χ1v) is 10.00. The summed E-state index contributed by atoms with van der Waals surface area (Å²) in [4.78, 5) is 0. The van der Waals surface area contributed by atoms with Crippen molar-refractivity contribution >= 4 is 11.6 Å². The monoisotopic (exact) mass is 454 g/mol. The van der Waals surface area contributed by atoms with Crippen LogP contribution in [-0.4, -0.2) is 16.4 Å². The molecular weight excluding hydrogens is 434 g/mol. The SMILES string of the molecule is C[C@H]1CC=Cc2cc(C(F)(F)F)c(O)c(C3=C(O)C(C)(C(F)(F)F)Cc4ccccc43)c21. The number of hydrogen-bond acceptors (Lipinski definition) is 2. The van der Waals surface area contributed by atoms with E-state index in [1.165, 1.54) is 30.3 Å². The van der Waals surface area contributed by atoms with E-state index in [0.29, 0.717) is 6.42 Å². The van der Waals surface area contributed by atoms with Gasteiger partial charge in [-0.1, -0.05) is 43.3 Å². The van der Waals surface area contributed by atoms with E-state index in [1.807, 2.05) is 0 Å². The molecule has 0 heterocycles. The third-order valence-electron chi connectivity index (χ3n) is 6.42. The molecule has 2 aliphatic carbocycles. The lowest BCUT2D eigenvalue weighted by Gasteiger charge is -2.38. The molecule has 0 bridgehead atoms. The number of rotatable bonds is 1. The number of phenolic OH excluding ortho intramolecular Hbond substituents is 1. The molecule has 1 unspecified atom stereocenters. The lowest BCUT2D eigenvalue weighted by molar-refractivity contribution is -0.212. The molecule has 0 spiro atoms. The molecule has 0 aromatic heterocycles. The highest BCUT2D eigenvalue weighted by atomic mass is 19.4. The Balaban J connectivity index is 2.18. The van der Waals surface area contributed by atoms with Gasteiger partial charge < -0.3 is 10.2 Å². The quantitative estimate of drug-likeness (QED) is 0.442. The highest BCUT2D eigenvalue weighted by Crippen LogP contribution is 2.56. The Morgan fingerprint density at radius 3 is 2.31 bits per heavy atom. The van der Waals surface area contributed by atoms with Crippen LogP contribution in [0.1, 0.15) is 59.6 Å². The Hall–Kier alpha value is -2.90. The molecule has 32 heavy (non-hydrogen) atoms. The fourth-order valence-corrected chi connectivity index (χ4v) is 4.64. The fraction of sp³-hybridized carbons (Fsp3) is 0.333. The zero-order valence-corrected chi connectivity index (χ0v) is 17.2. The van der Waals surface area contributed by atoms with Gasteiger partial charge in [0.25, 0.3) is 0 Å². The van der Waals surface area contributed by atoms with Crippen molar-refractivity contribution in [3.05, 3.63) is 75.5 Å². The fourth-order valence-electron chi connectivity index (χ4n) is 4.64. The molecule has 2 atom stereocenters. The molecule has 0 aliphatic heterocycles. The number of hydrogen-bond donors (Lipinski definition) is 2. The third-order valence-corrected chi connectivity index (χ3v) is 6.42. The van der Waals surface area contributed by atoms with E-state index in [9.17, 15) is 36.6 Å². The van der Waals surface area contributed by atoms with Crippen molar-refractivity contribution in [2.24, 2.45) is 5.41 Å². The van der Waals surface area contributed by atoms with E-state index in [4.69, 9.17) is 0 Å². The molecule has 2 aromatic rings. The molecule has 2 aliphatic rings. The van der Waals surface area contributed by atoms with E-state index >= 15 is 0 Å². The molecule has 170 valence electrons. The summed E-state index contributed by atoms with van der Waals surface area (Å²) < 4.78 is 83.6. The topological polar surface area (TPSA) is 40.5 Å². The zero-order valence-electron chi connectivity index (χ0n) is 17.2. The molecule has 0 saturated carbocycles. The largest absolute Gasteiger partial charge is 0.511 e. The second-order valence-electron chi connectivity index (χ2n) is 8.57. The Kier molecular flexibility index (Phi) is 4.91. The molecule has 0 amide bonds. The number of phenols is 1. The summed E-state index contributed by atoms with van der Waals surface area (Å²) in [6, 6.07) is 6.76. The maximum absolute atomic E-state index is 14.1. The van der Waals surface area contributed by atoms with Crippen LogP contribution in [0.5, 0.6) is 5.75 Å². The number of aliphatic hydroxyl groups excluding tert-OH is 1. The number of aromatic hydroxyl groups is 1. The smallest absolute Gasteiger partial charge is 0.419 e. The summed E-state index contributed by atoms with van der Waals surface area (Å²) in [6.07, 6.45) is -6.82. The van der Waals surface area contributed by atoms with Gasteiger partial charge in [0.1, 0.15) is 16.9 Å². The molecular formula is C24H20F6O2. The van der Waals surface area contributed by atoms with Crippen molar-refractivity contribution in [3.63, 3.8) is 0 Å². The summed E-state index contributed by atoms with van der Waals surface area (Å²) in [5.41, 5.74) is -4.06. The van der Waals surface area contributed by atoms with Crippen LogP contribution in [0.2, 0.25) is 0 Å². The van der Waals surface area contributed by atoms with Crippen LogP contribution >= 0.6 is 0 Å². The molecule has 0 fully saturated rings. The Labute approximate surface area is 180 Å². The van der Waals surface area contributed by atoms with Gasteiger partial charge in [-0.15, -0.1) is 0 Å². The first kappa shape index (κ1) is 22.3. The second kappa shape index (κ2) is 7.05. The van der Waals surface area contributed by atoms with Gasteiger partial charge in [-0.05, 0) is 54.0 Å². The van der Waals surface area contributed by atoms with E-state index in [0.717, 1.165) is 13.0 Å². The summed E-state index contributed by atoms with van der Waals surface area (Å²) >= 11 is 0. The minimum absolute atomic E-state index is 0.154. The first-order chi connectivity index (χ1) is 14.8. The number of allylic oxidation sites excluding steroid dienone is 2. The molecule has 0 saturated heterocycles. The van der Waals surface area contributed by atoms with Gasteiger partial charge >= 0.3 is 12.4 Å². The molecule has 2 N–H and O–H groups in total. The predicted molar refractivity (Wildman–Crippen MR) is 108 cm³/mol. The van der Waals surface area contributed by atoms with E-state index in [-0.39, 0.29) is 28.2 Å². The van der Waals surface area contributed by atoms with Crippen molar-refractivity contribution < 1.29 is 36.6 Å². The van der Waals surface area contributed by atoms with Crippen LogP contribution in [0, 0.1) is 5.41 Å². The van der Waals surface area contributed by atoms with E-state index in [2.05, 4.69) is 0 Å². The van der Waals surface area contributed by atoms with Crippen LogP contribution < -0.4 is 0 Å². The molecule has 4 rings (SSSR count). The van der Waals surface area contributed by atoms with Gasteiger partial charge in [0.05, 0.1) is 5.56 Å². The third kappa shape index (κ3) is 3.19. The second-order valence-corrected chi connectivity index (χ2v) is 8.57. The number of halogens is 6. The van der Waals surface area contributed by atoms with Crippen LogP contribution in [-0.2, 0) is 12.6 Å². The van der Waals surface area contributed by atoms with Gasteiger partial charge in [0.15, 0.2) is 0 Å². The molecule has 8 heteroatoms. The predicted octanol–water partition coefficient (Wildman–Crippen LogP) is 7.37. The van der Waals surface area contributed by atoms with Crippen molar-refractivity contribution in [2.45, 2.75) is 45.0 Å². The van der Waals surface area contributed by atoms with Crippen LogP contribution in [0.25, 0.3) is 11.6 Å². The number of fused-ring (bicyclic) bond motifs is 2. The Bertz CT molecular complexity index is 1160. The first-order valence-electron chi connectivity index (χ1n) is 10.00. The minimum atomic E-state index is -4.94. The Morgan fingerprint density at radius 1 is 1.03 bits per heavy atom. The van der Waals surface area contributed by atoms with Gasteiger partial charge in [0, 0.05) is 11.1 Å².